The first kappa shape index (κ1) is 12.6. The van der Waals surface area contributed by atoms with Crippen LogP contribution in [0.3, 0.4) is 0 Å². The molecule has 0 saturated heterocycles. The van der Waals surface area contributed by atoms with E-state index in [1.165, 1.54) is 0 Å². The van der Waals surface area contributed by atoms with Crippen LogP contribution >= 0.6 is 0 Å². The Kier molecular flexibility index (Phi) is 3.27. The lowest BCUT2D eigenvalue weighted by Crippen LogP contribution is -2.13. The summed E-state index contributed by atoms with van der Waals surface area (Å²) < 4.78 is 23.7. The molecule has 0 spiro atoms. The minimum atomic E-state index is -3.05. The molecule has 3 atom stereocenters. The number of sulfone groups is 1. The van der Waals surface area contributed by atoms with Crippen LogP contribution in [0, 0.1) is 12.8 Å². The van der Waals surface area contributed by atoms with Crippen molar-refractivity contribution in [2.24, 2.45) is 5.92 Å². The number of hydrogen-bond donors (Lipinski definition) is 1. The monoisotopic (exact) mass is 254 g/mol. The maximum atomic E-state index is 11.9. The number of hydrogen-bond acceptors (Lipinski definition) is 3. The van der Waals surface area contributed by atoms with Crippen LogP contribution in [0.2, 0.25) is 0 Å². The minimum Gasteiger partial charge on any atom is -0.396 e. The van der Waals surface area contributed by atoms with Crippen LogP contribution in [0.5, 0.6) is 0 Å². The van der Waals surface area contributed by atoms with Gasteiger partial charge >= 0.3 is 0 Å². The number of rotatable bonds is 4. The van der Waals surface area contributed by atoms with Gasteiger partial charge in [-0.1, -0.05) is 36.8 Å². The van der Waals surface area contributed by atoms with Gasteiger partial charge < -0.3 is 5.11 Å². The van der Waals surface area contributed by atoms with E-state index in [0.29, 0.717) is 0 Å². The summed E-state index contributed by atoms with van der Waals surface area (Å²) >= 11 is 0. The molecule has 1 aliphatic rings. The SMILES string of the molecule is CCS(=O)(=O)[C@H]1[C@H](CO)[C@@H]1c1ccc(C)cc1. The van der Waals surface area contributed by atoms with Gasteiger partial charge in [0.15, 0.2) is 9.84 Å². The van der Waals surface area contributed by atoms with Crippen molar-refractivity contribution in [1.29, 1.82) is 0 Å². The summed E-state index contributed by atoms with van der Waals surface area (Å²) in [5.41, 5.74) is 2.18. The second kappa shape index (κ2) is 4.42. The minimum absolute atomic E-state index is 0.0226. The van der Waals surface area contributed by atoms with Gasteiger partial charge in [-0.3, -0.25) is 0 Å². The fourth-order valence-corrected chi connectivity index (χ4v) is 4.36. The van der Waals surface area contributed by atoms with Crippen molar-refractivity contribution in [2.45, 2.75) is 25.0 Å². The summed E-state index contributed by atoms with van der Waals surface area (Å²) in [4.78, 5) is 0. The van der Waals surface area contributed by atoms with E-state index in [0.717, 1.165) is 11.1 Å². The fourth-order valence-electron chi connectivity index (χ4n) is 2.47. The standard InChI is InChI=1S/C13H18O3S/c1-3-17(15,16)13-11(8-14)12(13)10-6-4-9(2)5-7-10/h4-7,11-14H,3,8H2,1-2H3/t11-,12+,13+/m1/s1. The average Bonchev–Trinajstić information content (AvgIpc) is 3.05. The van der Waals surface area contributed by atoms with Gasteiger partial charge in [-0.05, 0) is 12.5 Å². The van der Waals surface area contributed by atoms with Crippen LogP contribution in [0.15, 0.2) is 24.3 Å². The summed E-state index contributed by atoms with van der Waals surface area (Å²) in [5, 5.41) is 8.87. The van der Waals surface area contributed by atoms with E-state index in [4.69, 9.17) is 0 Å². The number of benzene rings is 1. The molecule has 3 nitrogen and oxygen atoms in total. The molecule has 4 heteroatoms. The lowest BCUT2D eigenvalue weighted by molar-refractivity contribution is 0.274. The normalized spacial score (nSPS) is 28.1. The van der Waals surface area contributed by atoms with Gasteiger partial charge in [-0.2, -0.15) is 0 Å². The topological polar surface area (TPSA) is 54.4 Å². The molecule has 0 aromatic heterocycles. The maximum absolute atomic E-state index is 11.9. The van der Waals surface area contributed by atoms with E-state index in [1.54, 1.807) is 6.92 Å². The van der Waals surface area contributed by atoms with Crippen molar-refractivity contribution in [3.05, 3.63) is 35.4 Å². The van der Waals surface area contributed by atoms with E-state index < -0.39 is 9.84 Å². The van der Waals surface area contributed by atoms with Crippen LogP contribution in [0.25, 0.3) is 0 Å². The Morgan fingerprint density at radius 2 is 1.82 bits per heavy atom. The van der Waals surface area contributed by atoms with Gasteiger partial charge in [0.1, 0.15) is 0 Å². The Morgan fingerprint density at radius 3 is 2.29 bits per heavy atom. The molecule has 94 valence electrons. The lowest BCUT2D eigenvalue weighted by atomic mass is 10.1. The first-order valence-corrected chi connectivity index (χ1v) is 7.61. The predicted octanol–water partition coefficient (Wildman–Crippen LogP) is 1.50. The maximum Gasteiger partial charge on any atom is 0.153 e. The van der Waals surface area contributed by atoms with E-state index >= 15 is 0 Å². The molecule has 1 aromatic carbocycles. The van der Waals surface area contributed by atoms with Crippen LogP contribution in [0.4, 0.5) is 0 Å². The molecule has 1 aliphatic carbocycles. The molecule has 0 radical (unpaired) electrons. The fraction of sp³-hybridized carbons (Fsp3) is 0.538. The van der Waals surface area contributed by atoms with Gasteiger partial charge in [-0.25, -0.2) is 8.42 Å². The highest BCUT2D eigenvalue weighted by Gasteiger charge is 2.57. The zero-order valence-corrected chi connectivity index (χ0v) is 10.9. The molecule has 1 N–H and O–H groups in total. The molecule has 1 aromatic rings. The lowest BCUT2D eigenvalue weighted by Gasteiger charge is -2.01. The third-order valence-corrected chi connectivity index (χ3v) is 5.86. The van der Waals surface area contributed by atoms with Crippen LogP contribution in [0.1, 0.15) is 24.0 Å². The highest BCUT2D eigenvalue weighted by atomic mass is 32.2. The molecule has 1 saturated carbocycles. The molecule has 0 unspecified atom stereocenters. The van der Waals surface area contributed by atoms with Crippen LogP contribution in [-0.2, 0) is 9.84 Å². The predicted molar refractivity (Wildman–Crippen MR) is 67.7 cm³/mol. The highest BCUT2D eigenvalue weighted by molar-refractivity contribution is 7.92. The number of aliphatic hydroxyl groups is 1. The Balaban J connectivity index is 2.26. The average molecular weight is 254 g/mol. The Morgan fingerprint density at radius 1 is 1.24 bits per heavy atom. The molecule has 2 rings (SSSR count). The van der Waals surface area contributed by atoms with Gasteiger partial charge in [0.05, 0.1) is 5.25 Å². The second-order valence-corrected chi connectivity index (χ2v) is 7.15. The van der Waals surface area contributed by atoms with Gasteiger partial charge in [0, 0.05) is 24.2 Å². The van der Waals surface area contributed by atoms with Crippen LogP contribution < -0.4 is 0 Å². The molecule has 17 heavy (non-hydrogen) atoms. The molecule has 0 heterocycles. The molecule has 0 bridgehead atoms. The van der Waals surface area contributed by atoms with Crippen molar-refractivity contribution >= 4 is 9.84 Å². The summed E-state index contributed by atoms with van der Waals surface area (Å²) in [6.07, 6.45) is 0. The third-order valence-electron chi connectivity index (χ3n) is 3.59. The molecular weight excluding hydrogens is 236 g/mol. The summed E-state index contributed by atoms with van der Waals surface area (Å²) in [6.45, 7) is 3.61. The highest BCUT2D eigenvalue weighted by Crippen LogP contribution is 2.52. The number of aryl methyl sites for hydroxylation is 1. The van der Waals surface area contributed by atoms with E-state index in [1.807, 2.05) is 31.2 Å². The zero-order valence-electron chi connectivity index (χ0n) is 10.1. The Hall–Kier alpha value is -0.870. The van der Waals surface area contributed by atoms with Gasteiger partial charge in [0.25, 0.3) is 0 Å². The van der Waals surface area contributed by atoms with E-state index in [9.17, 15) is 13.5 Å². The van der Waals surface area contributed by atoms with Gasteiger partial charge in [0.2, 0.25) is 0 Å². The molecule has 0 aliphatic heterocycles. The molecule has 0 amide bonds. The van der Waals surface area contributed by atoms with Crippen LogP contribution in [-0.4, -0.2) is 31.1 Å². The molecular formula is C13H18O3S. The van der Waals surface area contributed by atoms with Crippen molar-refractivity contribution in [3.63, 3.8) is 0 Å². The van der Waals surface area contributed by atoms with Crippen molar-refractivity contribution in [2.75, 3.05) is 12.4 Å². The Labute approximate surface area is 102 Å². The van der Waals surface area contributed by atoms with Crippen molar-refractivity contribution < 1.29 is 13.5 Å². The third kappa shape index (κ3) is 2.24. The molecule has 1 fully saturated rings. The van der Waals surface area contributed by atoms with E-state index in [-0.39, 0.29) is 29.4 Å². The Bertz CT molecular complexity index is 490. The second-order valence-electron chi connectivity index (χ2n) is 4.70. The van der Waals surface area contributed by atoms with Crippen molar-refractivity contribution in [1.82, 2.24) is 0 Å². The summed E-state index contributed by atoms with van der Waals surface area (Å²) in [7, 11) is -3.05. The quantitative estimate of drug-likeness (QED) is 0.886. The first-order chi connectivity index (χ1) is 8.01. The summed E-state index contributed by atoms with van der Waals surface area (Å²) in [6, 6.07) is 7.90. The van der Waals surface area contributed by atoms with E-state index in [2.05, 4.69) is 0 Å². The zero-order chi connectivity index (χ0) is 12.6. The van der Waals surface area contributed by atoms with Crippen molar-refractivity contribution in [3.8, 4) is 0 Å². The number of aliphatic hydroxyl groups excluding tert-OH is 1. The largest absolute Gasteiger partial charge is 0.396 e. The van der Waals surface area contributed by atoms with Gasteiger partial charge in [-0.15, -0.1) is 0 Å². The smallest absolute Gasteiger partial charge is 0.153 e. The summed E-state index contributed by atoms with van der Waals surface area (Å²) in [5.74, 6) is 0.00415. The first-order valence-electron chi connectivity index (χ1n) is 5.90.